The van der Waals surface area contributed by atoms with Gasteiger partial charge in [0.1, 0.15) is 5.76 Å². The van der Waals surface area contributed by atoms with Gasteiger partial charge in [0.15, 0.2) is 5.75 Å². The highest BCUT2D eigenvalue weighted by molar-refractivity contribution is 5.75. The van der Waals surface area contributed by atoms with Gasteiger partial charge in [0.25, 0.3) is 0 Å². The molecule has 10 heteroatoms. The molecule has 0 bridgehead atoms. The number of rotatable bonds is 3. The van der Waals surface area contributed by atoms with Crippen LogP contribution in [0, 0.1) is 10.1 Å². The highest BCUT2D eigenvalue weighted by Gasteiger charge is 2.31. The highest BCUT2D eigenvalue weighted by Crippen LogP contribution is 2.40. The Labute approximate surface area is 143 Å². The fourth-order valence-corrected chi connectivity index (χ4v) is 2.28. The zero-order chi connectivity index (χ0) is 19.1. The van der Waals surface area contributed by atoms with E-state index in [1.165, 1.54) is 12.3 Å². The number of benzene rings is 1. The van der Waals surface area contributed by atoms with Crippen molar-refractivity contribution in [3.63, 3.8) is 0 Å². The topological polar surface area (TPSA) is 110 Å². The van der Waals surface area contributed by atoms with Crippen LogP contribution in [0.15, 0.2) is 47.3 Å². The van der Waals surface area contributed by atoms with Crippen LogP contribution in [0.1, 0.15) is 5.56 Å². The van der Waals surface area contributed by atoms with Crippen molar-refractivity contribution in [2.45, 2.75) is 6.18 Å². The van der Waals surface area contributed by atoms with Crippen molar-refractivity contribution in [2.75, 3.05) is 0 Å². The van der Waals surface area contributed by atoms with Gasteiger partial charge >= 0.3 is 11.9 Å². The summed E-state index contributed by atoms with van der Waals surface area (Å²) in [6, 6.07) is 4.27. The molecule has 2 N–H and O–H groups in total. The number of aromatic hydroxyl groups is 2. The summed E-state index contributed by atoms with van der Waals surface area (Å²) in [7, 11) is 0. The number of nitro groups is 1. The van der Waals surface area contributed by atoms with Gasteiger partial charge in [-0.3, -0.25) is 15.1 Å². The monoisotopic (exact) mass is 366 g/mol. The van der Waals surface area contributed by atoms with Gasteiger partial charge in [-0.25, -0.2) is 0 Å². The van der Waals surface area contributed by atoms with Crippen molar-refractivity contribution in [3.05, 3.63) is 58.6 Å². The van der Waals surface area contributed by atoms with Crippen molar-refractivity contribution >= 4 is 5.69 Å². The average molecular weight is 366 g/mol. The SMILES string of the molecule is O=[N+]([O-])c1cc(-c2coc(-c3cncc(C(F)(F)F)c3)c2)cc(O)c1O. The number of phenols is 2. The number of alkyl halides is 3. The van der Waals surface area contributed by atoms with Crippen LogP contribution < -0.4 is 0 Å². The summed E-state index contributed by atoms with van der Waals surface area (Å²) in [6.45, 7) is 0. The minimum atomic E-state index is -4.57. The van der Waals surface area contributed by atoms with Crippen LogP contribution in [0.5, 0.6) is 11.5 Å². The average Bonchev–Trinajstić information content (AvgIpc) is 3.06. The molecule has 2 aromatic heterocycles. The molecule has 0 unspecified atom stereocenters. The van der Waals surface area contributed by atoms with E-state index in [0.29, 0.717) is 6.20 Å². The summed E-state index contributed by atoms with van der Waals surface area (Å²) in [6.07, 6.45) is -1.56. The first kappa shape index (κ1) is 17.3. The molecular formula is C16H9F3N2O5. The largest absolute Gasteiger partial charge is 0.504 e. The van der Waals surface area contributed by atoms with E-state index in [1.807, 2.05) is 0 Å². The molecule has 0 saturated heterocycles. The number of nitrogens with zero attached hydrogens (tertiary/aromatic N) is 2. The Kier molecular flexibility index (Phi) is 4.03. The Morgan fingerprint density at radius 2 is 1.77 bits per heavy atom. The van der Waals surface area contributed by atoms with E-state index in [0.717, 1.165) is 24.5 Å². The molecule has 0 aliphatic carbocycles. The molecule has 0 fully saturated rings. The Hall–Kier alpha value is -3.56. The van der Waals surface area contributed by atoms with Gasteiger partial charge in [0.05, 0.1) is 16.7 Å². The molecule has 0 amide bonds. The third-order valence-corrected chi connectivity index (χ3v) is 3.55. The van der Waals surface area contributed by atoms with Crippen LogP contribution in [0.4, 0.5) is 18.9 Å². The van der Waals surface area contributed by atoms with Crippen molar-refractivity contribution in [2.24, 2.45) is 0 Å². The number of pyridine rings is 1. The molecule has 134 valence electrons. The van der Waals surface area contributed by atoms with Crippen molar-refractivity contribution < 1.29 is 32.7 Å². The molecule has 3 aromatic rings. The molecule has 0 aliphatic rings. The van der Waals surface area contributed by atoms with Gasteiger partial charge in [0, 0.05) is 29.6 Å². The lowest BCUT2D eigenvalue weighted by Crippen LogP contribution is -2.05. The number of nitro benzene ring substituents is 1. The maximum absolute atomic E-state index is 12.8. The lowest BCUT2D eigenvalue weighted by Gasteiger charge is -2.06. The van der Waals surface area contributed by atoms with Gasteiger partial charge in [-0.15, -0.1) is 0 Å². The number of hydrogen-bond donors (Lipinski definition) is 2. The molecule has 0 spiro atoms. The predicted octanol–water partition coefficient (Wildman–Crippen LogP) is 4.35. The smallest absolute Gasteiger partial charge is 0.417 e. The molecule has 0 aliphatic heterocycles. The second-order valence-corrected chi connectivity index (χ2v) is 5.28. The van der Waals surface area contributed by atoms with Crippen LogP contribution in [0.3, 0.4) is 0 Å². The van der Waals surface area contributed by atoms with E-state index >= 15 is 0 Å². The highest BCUT2D eigenvalue weighted by atomic mass is 19.4. The molecule has 3 rings (SSSR count). The lowest BCUT2D eigenvalue weighted by atomic mass is 10.1. The molecule has 0 radical (unpaired) electrons. The summed E-state index contributed by atoms with van der Waals surface area (Å²) >= 11 is 0. The second kappa shape index (κ2) is 6.06. The van der Waals surface area contributed by atoms with Crippen LogP contribution >= 0.6 is 0 Å². The summed E-state index contributed by atoms with van der Waals surface area (Å²) in [5, 5.41) is 30.0. The molecular weight excluding hydrogens is 357 g/mol. The first-order valence-electron chi connectivity index (χ1n) is 6.98. The van der Waals surface area contributed by atoms with Crippen molar-refractivity contribution in [1.29, 1.82) is 0 Å². The van der Waals surface area contributed by atoms with E-state index < -0.39 is 33.8 Å². The number of furan rings is 1. The Bertz CT molecular complexity index is 998. The number of halogens is 3. The lowest BCUT2D eigenvalue weighted by molar-refractivity contribution is -0.385. The first-order valence-corrected chi connectivity index (χ1v) is 6.98. The number of aromatic nitrogens is 1. The van der Waals surface area contributed by atoms with Crippen LogP contribution in [0.25, 0.3) is 22.5 Å². The van der Waals surface area contributed by atoms with E-state index in [9.17, 15) is 33.5 Å². The van der Waals surface area contributed by atoms with Gasteiger partial charge in [0.2, 0.25) is 5.75 Å². The van der Waals surface area contributed by atoms with E-state index in [2.05, 4.69) is 4.98 Å². The van der Waals surface area contributed by atoms with Crippen molar-refractivity contribution in [3.8, 4) is 33.9 Å². The molecule has 7 nitrogen and oxygen atoms in total. The molecule has 2 heterocycles. The second-order valence-electron chi connectivity index (χ2n) is 5.28. The summed E-state index contributed by atoms with van der Waals surface area (Å²) < 4.78 is 43.5. The number of phenolic OH excluding ortho intramolecular Hbond substituents is 2. The zero-order valence-electron chi connectivity index (χ0n) is 12.7. The van der Waals surface area contributed by atoms with Gasteiger partial charge < -0.3 is 14.6 Å². The van der Waals surface area contributed by atoms with Crippen LogP contribution in [-0.4, -0.2) is 20.1 Å². The summed E-state index contributed by atoms with van der Waals surface area (Å²) in [5.41, 5.74) is -1.21. The molecule has 0 saturated carbocycles. The Morgan fingerprint density at radius 3 is 2.42 bits per heavy atom. The third kappa shape index (κ3) is 3.16. The quantitative estimate of drug-likeness (QED) is 0.405. The fourth-order valence-electron chi connectivity index (χ4n) is 2.28. The zero-order valence-corrected chi connectivity index (χ0v) is 12.7. The van der Waals surface area contributed by atoms with E-state index in [4.69, 9.17) is 4.42 Å². The van der Waals surface area contributed by atoms with Gasteiger partial charge in [-0.05, 0) is 23.8 Å². The van der Waals surface area contributed by atoms with Crippen molar-refractivity contribution in [1.82, 2.24) is 4.98 Å². The first-order chi connectivity index (χ1) is 12.2. The normalized spacial score (nSPS) is 11.5. The van der Waals surface area contributed by atoms with Crippen LogP contribution in [0.2, 0.25) is 0 Å². The van der Waals surface area contributed by atoms with Gasteiger partial charge in [-0.1, -0.05) is 0 Å². The Balaban J connectivity index is 2.03. The minimum absolute atomic E-state index is 0.0498. The van der Waals surface area contributed by atoms with E-state index in [1.54, 1.807) is 0 Å². The molecule has 0 atom stereocenters. The van der Waals surface area contributed by atoms with Gasteiger partial charge in [-0.2, -0.15) is 13.2 Å². The molecule has 26 heavy (non-hydrogen) atoms. The Morgan fingerprint density at radius 1 is 1.04 bits per heavy atom. The minimum Gasteiger partial charge on any atom is -0.504 e. The summed E-state index contributed by atoms with van der Waals surface area (Å²) in [4.78, 5) is 13.6. The molecule has 1 aromatic carbocycles. The maximum atomic E-state index is 12.8. The standard InChI is InChI=1S/C16H9F3N2O5/c17-16(18,19)11-1-9(5-20-6-11)14-4-10(7-26-14)8-2-12(21(24)25)15(23)13(22)3-8/h1-7,22-23H. The fraction of sp³-hybridized carbons (Fsp3) is 0.0625. The van der Waals surface area contributed by atoms with E-state index in [-0.39, 0.29) is 22.5 Å². The number of hydrogen-bond acceptors (Lipinski definition) is 6. The van der Waals surface area contributed by atoms with Crippen LogP contribution in [-0.2, 0) is 6.18 Å². The summed E-state index contributed by atoms with van der Waals surface area (Å²) in [5.74, 6) is -1.55. The maximum Gasteiger partial charge on any atom is 0.417 e. The third-order valence-electron chi connectivity index (χ3n) is 3.55. The predicted molar refractivity (Wildman–Crippen MR) is 82.4 cm³/mol.